The maximum absolute atomic E-state index is 8.39. The maximum atomic E-state index is 8.39. The Bertz CT molecular complexity index is 15.5. The van der Waals surface area contributed by atoms with E-state index in [-0.39, 0.29) is 44.0 Å². The molecule has 0 saturated heterocycles. The van der Waals surface area contributed by atoms with Crippen LogP contribution in [0.1, 0.15) is 0 Å². The van der Waals surface area contributed by atoms with Gasteiger partial charge in [0.15, 0.2) is 0 Å². The molecule has 6 heteroatoms. The summed E-state index contributed by atoms with van der Waals surface area (Å²) in [7, 11) is 3.25. The van der Waals surface area contributed by atoms with E-state index in [0.29, 0.717) is 0 Å². The molecule has 0 spiro atoms. The third kappa shape index (κ3) is 78.9. The predicted molar refractivity (Wildman–Crippen MR) is 13.6 cm³/mol. The van der Waals surface area contributed by atoms with Gasteiger partial charge in [-0.3, -0.25) is 0 Å². The molecule has 3 radical (unpaired) electrons. The van der Waals surface area contributed by atoms with Gasteiger partial charge in [0.1, 0.15) is 0 Å². The van der Waals surface area contributed by atoms with E-state index in [9.17, 15) is 0 Å². The van der Waals surface area contributed by atoms with Crippen LogP contribution in [0.25, 0.3) is 0 Å². The zero-order chi connectivity index (χ0) is 6.00. The molecule has 0 rings (SSSR count). The van der Waals surface area contributed by atoms with Gasteiger partial charge in [0.05, 0.1) is 0 Å². The van der Waals surface area contributed by atoms with Gasteiger partial charge < -0.3 is 0 Å². The third-order valence-corrected chi connectivity index (χ3v) is 0. The van der Waals surface area contributed by atoms with Crippen molar-refractivity contribution in [2.24, 2.45) is 0 Å². The van der Waals surface area contributed by atoms with Crippen molar-refractivity contribution < 1.29 is 29.2 Å². The molecule has 0 N–H and O–H groups in total. The van der Waals surface area contributed by atoms with Crippen LogP contribution in [0.3, 0.4) is 0 Å². The minimum atomic E-state index is 0.0556. The quantitative estimate of drug-likeness (QED) is 0.529. The SMILES string of the molecule is [B]=O.[O]=[Pb].[O]=[Zn]. The first-order valence-corrected chi connectivity index (χ1v) is 3.53. The molecule has 0 amide bonds. The van der Waals surface area contributed by atoms with Crippen molar-refractivity contribution in [3.05, 3.63) is 0 Å². The van der Waals surface area contributed by atoms with Crippen molar-refractivity contribution in [2.75, 3.05) is 0 Å². The summed E-state index contributed by atoms with van der Waals surface area (Å²) in [6.07, 6.45) is 0. The first-order chi connectivity index (χ1) is 3.00. The second kappa shape index (κ2) is 148. The van der Waals surface area contributed by atoms with Crippen molar-refractivity contribution in [1.29, 1.82) is 0 Å². The van der Waals surface area contributed by atoms with E-state index in [1.807, 2.05) is 0 Å². The van der Waals surface area contributed by atoms with Crippen LogP contribution in [0.2, 0.25) is 0 Å². The molecule has 0 bridgehead atoms. The predicted octanol–water partition coefficient (Wildman–Crippen LogP) is -1.12. The molecule has 27 valence electrons. The third-order valence-electron chi connectivity index (χ3n) is 0. The molecule has 0 saturated carbocycles. The topological polar surface area (TPSA) is 51.2 Å². The van der Waals surface area contributed by atoms with Gasteiger partial charge in [-0.15, -0.1) is 0 Å². The van der Waals surface area contributed by atoms with Crippen molar-refractivity contribution in [3.8, 4) is 0 Å². The van der Waals surface area contributed by atoms with Crippen LogP contribution < -0.4 is 0 Å². The van der Waals surface area contributed by atoms with Gasteiger partial charge in [0.2, 0.25) is 0 Å². The molecule has 3 nitrogen and oxygen atoms in total. The van der Waals surface area contributed by atoms with Crippen LogP contribution in [-0.2, 0) is 29.2 Å². The Hall–Kier alpha value is 1.01. The fourth-order valence-corrected chi connectivity index (χ4v) is 0. The van der Waals surface area contributed by atoms with Crippen LogP contribution in [0.4, 0.5) is 0 Å². The average Bonchev–Trinajstić information content (AvgIpc) is 1.81. The molecule has 0 aromatic carbocycles. The van der Waals surface area contributed by atoms with E-state index in [1.54, 1.807) is 0 Å². The van der Waals surface area contributed by atoms with Crippen LogP contribution >= 0.6 is 0 Å². The van der Waals surface area contributed by atoms with E-state index in [1.165, 1.54) is 0 Å². The molecule has 0 atom stereocenters. The molecule has 6 heavy (non-hydrogen) atoms. The molecular formula is BO3PbZn. The van der Waals surface area contributed by atoms with Gasteiger partial charge in [-0.2, -0.15) is 0 Å². The Kier molecular flexibility index (Phi) is 388. The van der Waals surface area contributed by atoms with E-state index in [2.05, 4.69) is 7.72 Å². The minimum absolute atomic E-state index is 0.0556. The van der Waals surface area contributed by atoms with E-state index >= 15 is 0 Å². The summed E-state index contributed by atoms with van der Waals surface area (Å²) in [6, 6.07) is 0. The zero-order valence-electron chi connectivity index (χ0n) is 3.01. The van der Waals surface area contributed by atoms with Crippen molar-refractivity contribution in [1.82, 2.24) is 0 Å². The van der Waals surface area contributed by atoms with Gasteiger partial charge in [0, 0.05) is 0 Å². The zero-order valence-corrected chi connectivity index (χ0v) is 9.86. The first kappa shape index (κ1) is 15.7. The Morgan fingerprint density at radius 1 is 1.17 bits per heavy atom. The standard InChI is InChI=1S/BO.2O.Pb.Zn/c1-2;;;;. The van der Waals surface area contributed by atoms with E-state index in [0.717, 1.165) is 0 Å². The van der Waals surface area contributed by atoms with Crippen molar-refractivity contribution in [2.45, 2.75) is 0 Å². The molecule has 0 aliphatic rings. The average molecular weight is 331 g/mol. The first-order valence-electron chi connectivity index (χ1n) is 0.729. The van der Waals surface area contributed by atoms with Crippen molar-refractivity contribution in [3.63, 3.8) is 0 Å². The number of hydrogen-bond donors (Lipinski definition) is 0. The normalized spacial score (nSPS) is 2.17. The molecule has 0 heterocycles. The van der Waals surface area contributed by atoms with Gasteiger partial charge in [-0.25, -0.2) is 0 Å². The fraction of sp³-hybridized carbons (Fsp3) is 0. The van der Waals surface area contributed by atoms with E-state index < -0.39 is 0 Å². The summed E-state index contributed by atoms with van der Waals surface area (Å²) in [4.78, 5) is 0. The van der Waals surface area contributed by atoms with Gasteiger partial charge in [0.25, 0.3) is 0 Å². The van der Waals surface area contributed by atoms with Gasteiger partial charge >= 0.3 is 62.7 Å². The summed E-state index contributed by atoms with van der Waals surface area (Å²) in [5.74, 6) is 0. The molecule has 0 aromatic rings. The van der Waals surface area contributed by atoms with E-state index in [4.69, 9.17) is 11.0 Å². The monoisotopic (exact) mass is 331 g/mol. The summed E-state index contributed by atoms with van der Waals surface area (Å²) in [5, 5.41) is 0. The number of rotatable bonds is 0. The molecule has 0 aromatic heterocycles. The second-order valence-corrected chi connectivity index (χ2v) is 0. The summed E-state index contributed by atoms with van der Waals surface area (Å²) < 4.78 is 24.5. The molecule has 0 unspecified atom stereocenters. The molecule has 0 fully saturated rings. The summed E-state index contributed by atoms with van der Waals surface area (Å²) in [5.41, 5.74) is 0. The second-order valence-electron chi connectivity index (χ2n) is 0. The van der Waals surface area contributed by atoms with Crippen LogP contribution in [0, 0.1) is 0 Å². The van der Waals surface area contributed by atoms with Crippen LogP contribution in [0.5, 0.6) is 0 Å². The molecular weight excluding hydrogens is 331 g/mol. The van der Waals surface area contributed by atoms with Gasteiger partial charge in [-0.05, 0) is 0 Å². The Balaban J connectivity index is -0.0000000225. The Morgan fingerprint density at radius 3 is 1.17 bits per heavy atom. The Labute approximate surface area is 62.4 Å². The summed E-state index contributed by atoms with van der Waals surface area (Å²) >= 11 is 0.181. The molecule has 0 aliphatic carbocycles. The summed E-state index contributed by atoms with van der Waals surface area (Å²) in [6.45, 7) is 0. The van der Waals surface area contributed by atoms with Gasteiger partial charge in [-0.1, -0.05) is 0 Å². The van der Waals surface area contributed by atoms with Crippen LogP contribution in [-0.4, -0.2) is 33.5 Å². The number of hydrogen-bond acceptors (Lipinski definition) is 3. The van der Waals surface area contributed by atoms with Crippen molar-refractivity contribution >= 4 is 33.5 Å². The Morgan fingerprint density at radius 2 is 1.17 bits per heavy atom. The fourth-order valence-electron chi connectivity index (χ4n) is 0. The van der Waals surface area contributed by atoms with Crippen LogP contribution in [0.15, 0.2) is 0 Å². The molecule has 0 aliphatic heterocycles.